The summed E-state index contributed by atoms with van der Waals surface area (Å²) in [6.45, 7) is 1.91. The fourth-order valence-corrected chi connectivity index (χ4v) is 4.17. The van der Waals surface area contributed by atoms with Gasteiger partial charge in [0, 0.05) is 16.5 Å². The summed E-state index contributed by atoms with van der Waals surface area (Å²) in [6.07, 6.45) is 4.72. The summed E-state index contributed by atoms with van der Waals surface area (Å²) in [7, 11) is 0. The van der Waals surface area contributed by atoms with Crippen LogP contribution in [0.2, 0.25) is 0 Å². The number of hydrogen-bond acceptors (Lipinski definition) is 5. The van der Waals surface area contributed by atoms with Crippen LogP contribution in [0.15, 0.2) is 30.3 Å². The number of aliphatic hydroxyl groups excluding tert-OH is 1. The zero-order valence-corrected chi connectivity index (χ0v) is 15.2. The maximum absolute atomic E-state index is 12.2. The van der Waals surface area contributed by atoms with Crippen molar-refractivity contribution < 1.29 is 14.7 Å². The lowest BCUT2D eigenvalue weighted by Crippen LogP contribution is -2.21. The Bertz CT molecular complexity index is 933. The molecule has 26 heavy (non-hydrogen) atoms. The highest BCUT2D eigenvalue weighted by Crippen LogP contribution is 2.37. The van der Waals surface area contributed by atoms with Crippen LogP contribution in [0, 0.1) is 18.3 Å². The number of amides is 1. The standard InChI is InChI=1S/C20H18N2O3S/c1-12-6-8-13(9-7-12)16(23)10-17(24)19(25)22-20-15(11-21)14-4-2-3-5-18(14)26-20/h6-10,23H,2-5H2,1H3,(H,22,25)/b16-10-. The van der Waals surface area contributed by atoms with Gasteiger partial charge in [0.25, 0.3) is 5.91 Å². The molecule has 0 saturated heterocycles. The Morgan fingerprint density at radius 1 is 1.23 bits per heavy atom. The fourth-order valence-electron chi connectivity index (χ4n) is 2.93. The first kappa shape index (κ1) is 17.9. The van der Waals surface area contributed by atoms with Crippen molar-refractivity contribution >= 4 is 33.8 Å². The Morgan fingerprint density at radius 2 is 1.92 bits per heavy atom. The summed E-state index contributed by atoms with van der Waals surface area (Å²) >= 11 is 1.36. The molecule has 1 heterocycles. The number of nitrogens with one attached hydrogen (secondary N) is 1. The van der Waals surface area contributed by atoms with E-state index in [4.69, 9.17) is 0 Å². The Morgan fingerprint density at radius 3 is 2.62 bits per heavy atom. The molecule has 0 radical (unpaired) electrons. The smallest absolute Gasteiger partial charge is 0.296 e. The second kappa shape index (κ2) is 7.54. The highest BCUT2D eigenvalue weighted by atomic mass is 32.1. The number of carbonyl (C=O) groups excluding carboxylic acids is 2. The van der Waals surface area contributed by atoms with Crippen molar-refractivity contribution in [3.05, 3.63) is 57.5 Å². The summed E-state index contributed by atoms with van der Waals surface area (Å²) in [5, 5.41) is 22.4. The summed E-state index contributed by atoms with van der Waals surface area (Å²) in [5.74, 6) is -1.99. The van der Waals surface area contributed by atoms with Gasteiger partial charge >= 0.3 is 0 Å². The first-order chi connectivity index (χ1) is 12.5. The molecule has 0 saturated carbocycles. The maximum atomic E-state index is 12.2. The van der Waals surface area contributed by atoms with Crippen molar-refractivity contribution in [3.63, 3.8) is 0 Å². The van der Waals surface area contributed by atoms with Crippen molar-refractivity contribution in [1.29, 1.82) is 5.26 Å². The third kappa shape index (κ3) is 3.68. The highest BCUT2D eigenvalue weighted by Gasteiger charge is 2.23. The van der Waals surface area contributed by atoms with Crippen LogP contribution < -0.4 is 5.32 Å². The van der Waals surface area contributed by atoms with E-state index in [1.54, 1.807) is 24.3 Å². The van der Waals surface area contributed by atoms with Gasteiger partial charge in [-0.25, -0.2) is 0 Å². The van der Waals surface area contributed by atoms with E-state index in [-0.39, 0.29) is 5.76 Å². The van der Waals surface area contributed by atoms with Crippen LogP contribution in [0.4, 0.5) is 5.00 Å². The number of aliphatic hydroxyl groups is 1. The summed E-state index contributed by atoms with van der Waals surface area (Å²) in [6, 6.07) is 9.10. The van der Waals surface area contributed by atoms with Crippen molar-refractivity contribution in [1.82, 2.24) is 0 Å². The molecular formula is C20H18N2O3S. The van der Waals surface area contributed by atoms with Gasteiger partial charge in [0.1, 0.15) is 16.8 Å². The van der Waals surface area contributed by atoms with E-state index < -0.39 is 11.7 Å². The zero-order chi connectivity index (χ0) is 18.7. The molecule has 1 aliphatic carbocycles. The average Bonchev–Trinajstić information content (AvgIpc) is 2.99. The number of rotatable bonds is 4. The quantitative estimate of drug-likeness (QED) is 0.488. The van der Waals surface area contributed by atoms with E-state index in [1.807, 2.05) is 6.92 Å². The second-order valence-corrected chi connectivity index (χ2v) is 7.35. The molecule has 1 aromatic carbocycles. The molecule has 1 aromatic heterocycles. The lowest BCUT2D eigenvalue weighted by molar-refractivity contribution is -0.131. The van der Waals surface area contributed by atoms with Gasteiger partial charge in [0.05, 0.1) is 5.56 Å². The fraction of sp³-hybridized carbons (Fsp3) is 0.250. The van der Waals surface area contributed by atoms with E-state index >= 15 is 0 Å². The van der Waals surface area contributed by atoms with Crippen LogP contribution in [0.5, 0.6) is 0 Å². The summed E-state index contributed by atoms with van der Waals surface area (Å²) in [5.41, 5.74) is 2.93. The Kier molecular flexibility index (Phi) is 5.19. The summed E-state index contributed by atoms with van der Waals surface area (Å²) in [4.78, 5) is 25.4. The predicted octanol–water partition coefficient (Wildman–Crippen LogP) is 3.91. The van der Waals surface area contributed by atoms with Gasteiger partial charge < -0.3 is 10.4 Å². The molecule has 1 aliphatic rings. The predicted molar refractivity (Wildman–Crippen MR) is 101 cm³/mol. The molecule has 0 atom stereocenters. The number of benzene rings is 1. The Balaban J connectivity index is 1.77. The number of nitrogens with zero attached hydrogens (tertiary/aromatic N) is 1. The molecule has 0 spiro atoms. The Hall–Kier alpha value is -2.91. The molecule has 2 N–H and O–H groups in total. The first-order valence-corrected chi connectivity index (χ1v) is 9.19. The number of anilines is 1. The van der Waals surface area contributed by atoms with Gasteiger partial charge in [-0.05, 0) is 38.2 Å². The number of ketones is 1. The molecule has 0 fully saturated rings. The molecule has 0 aliphatic heterocycles. The molecule has 5 nitrogen and oxygen atoms in total. The van der Waals surface area contributed by atoms with Crippen LogP contribution in [-0.4, -0.2) is 16.8 Å². The van der Waals surface area contributed by atoms with E-state index in [0.717, 1.165) is 47.8 Å². The van der Waals surface area contributed by atoms with E-state index in [2.05, 4.69) is 11.4 Å². The topological polar surface area (TPSA) is 90.2 Å². The van der Waals surface area contributed by atoms with Gasteiger partial charge in [0.15, 0.2) is 0 Å². The van der Waals surface area contributed by atoms with Crippen LogP contribution in [0.1, 0.15) is 40.0 Å². The van der Waals surface area contributed by atoms with E-state index in [0.29, 0.717) is 16.1 Å². The maximum Gasteiger partial charge on any atom is 0.296 e. The van der Waals surface area contributed by atoms with Crippen LogP contribution in [-0.2, 0) is 22.4 Å². The van der Waals surface area contributed by atoms with E-state index in [9.17, 15) is 20.0 Å². The second-order valence-electron chi connectivity index (χ2n) is 6.24. The van der Waals surface area contributed by atoms with Gasteiger partial charge in [-0.15, -0.1) is 11.3 Å². The number of fused-ring (bicyclic) bond motifs is 1. The summed E-state index contributed by atoms with van der Waals surface area (Å²) < 4.78 is 0. The molecule has 0 unspecified atom stereocenters. The van der Waals surface area contributed by atoms with Crippen LogP contribution >= 0.6 is 11.3 Å². The lowest BCUT2D eigenvalue weighted by Gasteiger charge is -2.09. The Labute approximate surface area is 155 Å². The van der Waals surface area contributed by atoms with Gasteiger partial charge in [0.2, 0.25) is 5.78 Å². The van der Waals surface area contributed by atoms with Crippen LogP contribution in [0.25, 0.3) is 5.76 Å². The molecular weight excluding hydrogens is 348 g/mol. The largest absolute Gasteiger partial charge is 0.507 e. The first-order valence-electron chi connectivity index (χ1n) is 8.37. The van der Waals surface area contributed by atoms with Gasteiger partial charge in [-0.3, -0.25) is 9.59 Å². The number of hydrogen-bond donors (Lipinski definition) is 2. The minimum absolute atomic E-state index is 0.267. The third-order valence-corrected chi connectivity index (χ3v) is 5.56. The van der Waals surface area contributed by atoms with Crippen molar-refractivity contribution in [3.8, 4) is 6.07 Å². The third-order valence-electron chi connectivity index (χ3n) is 4.35. The normalized spacial score (nSPS) is 13.6. The van der Waals surface area contributed by atoms with Gasteiger partial charge in [-0.2, -0.15) is 5.26 Å². The van der Waals surface area contributed by atoms with Crippen molar-refractivity contribution in [2.75, 3.05) is 5.32 Å². The van der Waals surface area contributed by atoms with E-state index in [1.165, 1.54) is 11.3 Å². The number of nitriles is 1. The zero-order valence-electron chi connectivity index (χ0n) is 14.3. The SMILES string of the molecule is Cc1ccc(/C(O)=C/C(=O)C(=O)Nc2sc3c(c2C#N)CCCC3)cc1. The molecule has 3 rings (SSSR count). The van der Waals surface area contributed by atoms with Gasteiger partial charge in [-0.1, -0.05) is 29.8 Å². The highest BCUT2D eigenvalue weighted by molar-refractivity contribution is 7.16. The number of thiophene rings is 1. The lowest BCUT2D eigenvalue weighted by atomic mass is 9.96. The number of carbonyl (C=O) groups is 2. The minimum Gasteiger partial charge on any atom is -0.507 e. The van der Waals surface area contributed by atoms with Crippen molar-refractivity contribution in [2.45, 2.75) is 32.6 Å². The average molecular weight is 366 g/mol. The number of aryl methyl sites for hydroxylation is 2. The monoisotopic (exact) mass is 366 g/mol. The molecule has 2 aromatic rings. The van der Waals surface area contributed by atoms with Crippen molar-refractivity contribution in [2.24, 2.45) is 0 Å². The molecule has 6 heteroatoms. The molecule has 0 bridgehead atoms. The molecule has 132 valence electrons. The minimum atomic E-state index is -0.863. The molecule has 1 amide bonds. The van der Waals surface area contributed by atoms with Crippen LogP contribution in [0.3, 0.4) is 0 Å².